The van der Waals surface area contributed by atoms with Gasteiger partial charge in [-0.05, 0) is 17.7 Å². The lowest BCUT2D eigenvalue weighted by atomic mass is 10.2. The van der Waals surface area contributed by atoms with E-state index in [1.807, 2.05) is 24.3 Å². The molecule has 0 saturated heterocycles. The molecule has 0 heterocycles. The van der Waals surface area contributed by atoms with Crippen LogP contribution in [-0.2, 0) is 20.9 Å². The van der Waals surface area contributed by atoms with Crippen molar-refractivity contribution in [2.24, 2.45) is 0 Å². The van der Waals surface area contributed by atoms with Gasteiger partial charge in [0.15, 0.2) is 0 Å². The smallest absolute Gasteiger partial charge is 0.308 e. The minimum absolute atomic E-state index is 0.236. The Balaban J connectivity index is 2.30. The Hall–Kier alpha value is -0.870. The van der Waals surface area contributed by atoms with Crippen molar-refractivity contribution < 1.29 is 14.3 Å². The number of rotatable bonds is 5. The highest BCUT2D eigenvalue weighted by Gasteiger charge is 2.02. The van der Waals surface area contributed by atoms with Crippen molar-refractivity contribution in [1.29, 1.82) is 0 Å². The molecule has 0 spiro atoms. The third-order valence-electron chi connectivity index (χ3n) is 1.82. The Kier molecular flexibility index (Phi) is 5.36. The second kappa shape index (κ2) is 6.58. The number of carbonyl (C=O) groups is 1. The molecule has 1 rings (SSSR count). The zero-order chi connectivity index (χ0) is 11.1. The van der Waals surface area contributed by atoms with Gasteiger partial charge in [-0.25, -0.2) is 0 Å². The summed E-state index contributed by atoms with van der Waals surface area (Å²) < 4.78 is 10.8. The van der Waals surface area contributed by atoms with Crippen LogP contribution in [0.1, 0.15) is 12.0 Å². The second-order valence-corrected chi connectivity index (χ2v) is 3.95. The summed E-state index contributed by atoms with van der Waals surface area (Å²) >= 11 is 3.34. The van der Waals surface area contributed by atoms with Crippen LogP contribution in [0.4, 0.5) is 0 Å². The number of carbonyl (C=O) groups excluding carboxylic acids is 1. The molecule has 0 aliphatic rings. The molecule has 0 bridgehead atoms. The number of benzene rings is 1. The predicted molar refractivity (Wildman–Crippen MR) is 60.4 cm³/mol. The molecule has 1 aromatic rings. The van der Waals surface area contributed by atoms with E-state index < -0.39 is 0 Å². The van der Waals surface area contributed by atoms with Gasteiger partial charge < -0.3 is 9.47 Å². The third kappa shape index (κ3) is 4.95. The molecule has 82 valence electrons. The zero-order valence-corrected chi connectivity index (χ0v) is 10.1. The van der Waals surface area contributed by atoms with Crippen LogP contribution in [0.25, 0.3) is 0 Å². The van der Waals surface area contributed by atoms with E-state index in [0.29, 0.717) is 19.6 Å². The van der Waals surface area contributed by atoms with E-state index >= 15 is 0 Å². The van der Waals surface area contributed by atoms with Gasteiger partial charge in [-0.2, -0.15) is 0 Å². The SMILES string of the molecule is COCCC(=O)OCc1ccc(Br)cc1. The molecular weight excluding hydrogens is 260 g/mol. The fourth-order valence-corrected chi connectivity index (χ4v) is 1.27. The summed E-state index contributed by atoms with van der Waals surface area (Å²) in [6.07, 6.45) is 0.299. The molecule has 0 amide bonds. The van der Waals surface area contributed by atoms with Crippen LogP contribution in [0.5, 0.6) is 0 Å². The molecule has 3 nitrogen and oxygen atoms in total. The molecule has 0 N–H and O–H groups in total. The molecule has 0 fully saturated rings. The first-order chi connectivity index (χ1) is 7.22. The molecule has 0 radical (unpaired) electrons. The van der Waals surface area contributed by atoms with Gasteiger partial charge >= 0.3 is 5.97 Å². The average molecular weight is 273 g/mol. The van der Waals surface area contributed by atoms with Gasteiger partial charge in [0.05, 0.1) is 13.0 Å². The van der Waals surface area contributed by atoms with Crippen molar-refractivity contribution in [3.63, 3.8) is 0 Å². The lowest BCUT2D eigenvalue weighted by molar-refractivity contribution is -0.145. The summed E-state index contributed by atoms with van der Waals surface area (Å²) in [7, 11) is 1.56. The lowest BCUT2D eigenvalue weighted by Crippen LogP contribution is -2.07. The van der Waals surface area contributed by atoms with Crippen LogP contribution in [0.3, 0.4) is 0 Å². The van der Waals surface area contributed by atoms with Crippen LogP contribution in [0.2, 0.25) is 0 Å². The highest BCUT2D eigenvalue weighted by atomic mass is 79.9. The normalized spacial score (nSPS) is 10.0. The summed E-state index contributed by atoms with van der Waals surface area (Å²) in [6.45, 7) is 0.717. The van der Waals surface area contributed by atoms with Crippen molar-refractivity contribution in [2.75, 3.05) is 13.7 Å². The van der Waals surface area contributed by atoms with Crippen molar-refractivity contribution >= 4 is 21.9 Å². The number of ether oxygens (including phenoxy) is 2. The minimum Gasteiger partial charge on any atom is -0.461 e. The van der Waals surface area contributed by atoms with Gasteiger partial charge in [0.25, 0.3) is 0 Å². The predicted octanol–water partition coefficient (Wildman–Crippen LogP) is 2.53. The minimum atomic E-state index is -0.236. The molecule has 0 atom stereocenters. The maximum atomic E-state index is 11.1. The van der Waals surface area contributed by atoms with E-state index in [4.69, 9.17) is 9.47 Å². The van der Waals surface area contributed by atoms with E-state index in [-0.39, 0.29) is 5.97 Å². The molecular formula is C11H13BrO3. The third-order valence-corrected chi connectivity index (χ3v) is 2.35. The summed E-state index contributed by atoms with van der Waals surface area (Å²) in [5, 5.41) is 0. The van der Waals surface area contributed by atoms with Gasteiger partial charge in [0.2, 0.25) is 0 Å². The fourth-order valence-electron chi connectivity index (χ4n) is 1.00. The van der Waals surface area contributed by atoms with Gasteiger partial charge in [0, 0.05) is 11.6 Å². The number of halogens is 1. The zero-order valence-electron chi connectivity index (χ0n) is 8.53. The number of hydrogen-bond acceptors (Lipinski definition) is 3. The largest absolute Gasteiger partial charge is 0.461 e. The summed E-state index contributed by atoms with van der Waals surface area (Å²) in [5.41, 5.74) is 0.976. The monoisotopic (exact) mass is 272 g/mol. The number of esters is 1. The topological polar surface area (TPSA) is 35.5 Å². The standard InChI is InChI=1S/C11H13BrO3/c1-14-7-6-11(13)15-8-9-2-4-10(12)5-3-9/h2-5H,6-8H2,1H3. The molecule has 1 aromatic carbocycles. The van der Waals surface area contributed by atoms with E-state index in [2.05, 4.69) is 15.9 Å². The lowest BCUT2D eigenvalue weighted by Gasteiger charge is -2.04. The van der Waals surface area contributed by atoms with Crippen molar-refractivity contribution in [2.45, 2.75) is 13.0 Å². The Bertz CT molecular complexity index is 308. The molecule has 0 aliphatic carbocycles. The maximum Gasteiger partial charge on any atom is 0.308 e. The number of methoxy groups -OCH3 is 1. The first-order valence-corrected chi connectivity index (χ1v) is 5.40. The summed E-state index contributed by atoms with van der Waals surface area (Å²) in [4.78, 5) is 11.1. The Morgan fingerprint density at radius 2 is 2.00 bits per heavy atom. The van der Waals surface area contributed by atoms with E-state index in [1.165, 1.54) is 0 Å². The molecule has 4 heteroatoms. The van der Waals surface area contributed by atoms with E-state index in [1.54, 1.807) is 7.11 Å². The van der Waals surface area contributed by atoms with Gasteiger partial charge in [-0.3, -0.25) is 4.79 Å². The van der Waals surface area contributed by atoms with Crippen LogP contribution >= 0.6 is 15.9 Å². The molecule has 0 aromatic heterocycles. The van der Waals surface area contributed by atoms with Gasteiger partial charge in [-0.15, -0.1) is 0 Å². The van der Waals surface area contributed by atoms with Gasteiger partial charge in [-0.1, -0.05) is 28.1 Å². The van der Waals surface area contributed by atoms with Crippen LogP contribution in [0, 0.1) is 0 Å². The quantitative estimate of drug-likeness (QED) is 0.773. The highest BCUT2D eigenvalue weighted by Crippen LogP contribution is 2.11. The highest BCUT2D eigenvalue weighted by molar-refractivity contribution is 9.10. The van der Waals surface area contributed by atoms with E-state index in [0.717, 1.165) is 10.0 Å². The van der Waals surface area contributed by atoms with Crippen LogP contribution in [-0.4, -0.2) is 19.7 Å². The summed E-state index contributed by atoms with van der Waals surface area (Å²) in [5.74, 6) is -0.236. The Labute approximate surface area is 97.5 Å². The van der Waals surface area contributed by atoms with Crippen molar-refractivity contribution in [3.05, 3.63) is 34.3 Å². The molecule has 0 aliphatic heterocycles. The fraction of sp³-hybridized carbons (Fsp3) is 0.364. The first-order valence-electron chi connectivity index (χ1n) is 4.61. The van der Waals surface area contributed by atoms with E-state index in [9.17, 15) is 4.79 Å². The van der Waals surface area contributed by atoms with Gasteiger partial charge in [0.1, 0.15) is 6.61 Å². The van der Waals surface area contributed by atoms with Crippen LogP contribution in [0.15, 0.2) is 28.7 Å². The molecule has 15 heavy (non-hydrogen) atoms. The second-order valence-electron chi connectivity index (χ2n) is 3.03. The van der Waals surface area contributed by atoms with Crippen molar-refractivity contribution in [1.82, 2.24) is 0 Å². The summed E-state index contributed by atoms with van der Waals surface area (Å²) in [6, 6.07) is 7.65. The average Bonchev–Trinajstić information content (AvgIpc) is 2.25. The maximum absolute atomic E-state index is 11.1. The molecule has 0 unspecified atom stereocenters. The van der Waals surface area contributed by atoms with Crippen LogP contribution < -0.4 is 0 Å². The van der Waals surface area contributed by atoms with Crippen molar-refractivity contribution in [3.8, 4) is 0 Å². The Morgan fingerprint density at radius 1 is 1.33 bits per heavy atom. The first kappa shape index (κ1) is 12.2. The Morgan fingerprint density at radius 3 is 2.60 bits per heavy atom. The molecule has 0 saturated carbocycles. The number of hydrogen-bond donors (Lipinski definition) is 0.